The minimum atomic E-state index is -0.709. The fraction of sp³-hybridized carbons (Fsp3) is 0.231. The van der Waals surface area contributed by atoms with Crippen molar-refractivity contribution in [1.82, 2.24) is 14.8 Å². The van der Waals surface area contributed by atoms with Gasteiger partial charge in [-0.2, -0.15) is 15.6 Å². The molecule has 94 valence electrons. The standard InChI is InChI=1S/C13H11N5S/c1-13(7-14,11-5-3-2-4-6-11)8-18-12(19-9-15)16-10-17-18/h2-6,10H,8H2,1H3. The second-order valence-corrected chi connectivity index (χ2v) is 4.96. The zero-order valence-corrected chi connectivity index (χ0v) is 11.1. The summed E-state index contributed by atoms with van der Waals surface area (Å²) in [5.74, 6) is 0. The Balaban J connectivity index is 2.32. The SMILES string of the molecule is CC(C#N)(Cn1ncnc1SC#N)c1ccccc1. The molecule has 0 aliphatic carbocycles. The monoisotopic (exact) mass is 269 g/mol. The molecule has 0 spiro atoms. The molecule has 19 heavy (non-hydrogen) atoms. The Morgan fingerprint density at radius 1 is 1.32 bits per heavy atom. The van der Waals surface area contributed by atoms with Crippen LogP contribution in [0.2, 0.25) is 0 Å². The highest BCUT2D eigenvalue weighted by Crippen LogP contribution is 2.26. The van der Waals surface area contributed by atoms with Gasteiger partial charge in [0.1, 0.15) is 11.7 Å². The molecular formula is C13H11N5S. The molecule has 6 heteroatoms. The molecule has 1 aromatic heterocycles. The van der Waals surface area contributed by atoms with E-state index >= 15 is 0 Å². The van der Waals surface area contributed by atoms with Gasteiger partial charge in [0, 0.05) is 11.8 Å². The second-order valence-electron chi connectivity index (χ2n) is 4.20. The molecule has 0 aliphatic rings. The van der Waals surface area contributed by atoms with Gasteiger partial charge in [-0.05, 0) is 12.5 Å². The molecule has 1 heterocycles. The number of hydrogen-bond donors (Lipinski definition) is 0. The highest BCUT2D eigenvalue weighted by molar-refractivity contribution is 8.03. The number of rotatable bonds is 4. The van der Waals surface area contributed by atoms with Crippen molar-refractivity contribution in [3.8, 4) is 11.5 Å². The first kappa shape index (κ1) is 13.1. The molecular weight excluding hydrogens is 258 g/mol. The van der Waals surface area contributed by atoms with Crippen LogP contribution in [0.5, 0.6) is 0 Å². The van der Waals surface area contributed by atoms with Gasteiger partial charge in [-0.15, -0.1) is 0 Å². The van der Waals surface area contributed by atoms with E-state index in [-0.39, 0.29) is 0 Å². The predicted molar refractivity (Wildman–Crippen MR) is 70.9 cm³/mol. The van der Waals surface area contributed by atoms with Crippen molar-refractivity contribution in [1.29, 1.82) is 10.5 Å². The Morgan fingerprint density at radius 3 is 2.68 bits per heavy atom. The lowest BCUT2D eigenvalue weighted by Gasteiger charge is -2.22. The third kappa shape index (κ3) is 2.75. The van der Waals surface area contributed by atoms with Crippen LogP contribution in [-0.4, -0.2) is 14.8 Å². The van der Waals surface area contributed by atoms with Gasteiger partial charge in [-0.25, -0.2) is 9.67 Å². The van der Waals surface area contributed by atoms with E-state index in [2.05, 4.69) is 16.2 Å². The quantitative estimate of drug-likeness (QED) is 0.628. The number of nitrogens with zero attached hydrogens (tertiary/aromatic N) is 5. The van der Waals surface area contributed by atoms with Crippen LogP contribution < -0.4 is 0 Å². The van der Waals surface area contributed by atoms with E-state index in [9.17, 15) is 5.26 Å². The van der Waals surface area contributed by atoms with Crippen molar-refractivity contribution in [2.24, 2.45) is 0 Å². The molecule has 1 atom stereocenters. The number of hydrogen-bond acceptors (Lipinski definition) is 5. The van der Waals surface area contributed by atoms with E-state index in [1.165, 1.54) is 6.33 Å². The maximum atomic E-state index is 9.47. The molecule has 1 unspecified atom stereocenters. The highest BCUT2D eigenvalue weighted by atomic mass is 32.2. The average Bonchev–Trinajstić information content (AvgIpc) is 2.87. The number of benzene rings is 1. The van der Waals surface area contributed by atoms with Gasteiger partial charge in [-0.3, -0.25) is 0 Å². The van der Waals surface area contributed by atoms with E-state index in [0.29, 0.717) is 11.7 Å². The zero-order valence-electron chi connectivity index (χ0n) is 10.3. The lowest BCUT2D eigenvalue weighted by Crippen LogP contribution is -2.27. The van der Waals surface area contributed by atoms with Gasteiger partial charge < -0.3 is 0 Å². The van der Waals surface area contributed by atoms with Crippen molar-refractivity contribution in [3.63, 3.8) is 0 Å². The van der Waals surface area contributed by atoms with Crippen LogP contribution in [0.3, 0.4) is 0 Å². The topological polar surface area (TPSA) is 78.3 Å². The minimum absolute atomic E-state index is 0.359. The van der Waals surface area contributed by atoms with Crippen LogP contribution in [0, 0.1) is 22.0 Å². The first-order chi connectivity index (χ1) is 9.19. The van der Waals surface area contributed by atoms with E-state index in [0.717, 1.165) is 17.3 Å². The molecule has 2 rings (SSSR count). The Labute approximate surface area is 115 Å². The van der Waals surface area contributed by atoms with Crippen molar-refractivity contribution in [2.45, 2.75) is 24.0 Å². The van der Waals surface area contributed by atoms with Gasteiger partial charge in [0.25, 0.3) is 0 Å². The summed E-state index contributed by atoms with van der Waals surface area (Å²) in [5.41, 5.74) is 0.209. The van der Waals surface area contributed by atoms with Gasteiger partial charge in [-0.1, -0.05) is 30.3 Å². The lowest BCUT2D eigenvalue weighted by molar-refractivity contribution is 0.433. The Bertz CT molecular complexity index is 637. The van der Waals surface area contributed by atoms with Crippen molar-refractivity contribution < 1.29 is 0 Å². The fourth-order valence-corrected chi connectivity index (χ4v) is 2.18. The third-order valence-electron chi connectivity index (χ3n) is 2.84. The molecule has 0 radical (unpaired) electrons. The van der Waals surface area contributed by atoms with Gasteiger partial charge in [0.2, 0.25) is 5.16 Å². The van der Waals surface area contributed by atoms with E-state index in [4.69, 9.17) is 5.26 Å². The first-order valence-corrected chi connectivity index (χ1v) is 6.42. The van der Waals surface area contributed by atoms with Crippen molar-refractivity contribution in [3.05, 3.63) is 42.2 Å². The summed E-state index contributed by atoms with van der Waals surface area (Å²) in [7, 11) is 0. The molecule has 0 aliphatic heterocycles. The summed E-state index contributed by atoms with van der Waals surface area (Å²) >= 11 is 0.940. The molecule has 0 bridgehead atoms. The molecule has 0 fully saturated rings. The number of thioether (sulfide) groups is 1. The normalized spacial score (nSPS) is 13.2. The summed E-state index contributed by atoms with van der Waals surface area (Å²) < 4.78 is 1.59. The third-order valence-corrected chi connectivity index (χ3v) is 3.43. The molecule has 0 amide bonds. The van der Waals surface area contributed by atoms with Gasteiger partial charge in [0.15, 0.2) is 0 Å². The van der Waals surface area contributed by atoms with Crippen LogP contribution in [-0.2, 0) is 12.0 Å². The van der Waals surface area contributed by atoms with Gasteiger partial charge in [0.05, 0.1) is 18.0 Å². The molecule has 0 saturated carbocycles. The van der Waals surface area contributed by atoms with Crippen molar-refractivity contribution >= 4 is 11.8 Å². The summed E-state index contributed by atoms with van der Waals surface area (Å²) in [6.07, 6.45) is 1.39. The second kappa shape index (κ2) is 5.55. The Hall–Kier alpha value is -2.31. The molecule has 1 aromatic carbocycles. The lowest BCUT2D eigenvalue weighted by atomic mass is 9.84. The van der Waals surface area contributed by atoms with Crippen molar-refractivity contribution in [2.75, 3.05) is 0 Å². The predicted octanol–water partition coefficient (Wildman–Crippen LogP) is 2.33. The minimum Gasteiger partial charge on any atom is -0.238 e. The zero-order chi connectivity index (χ0) is 13.7. The fourth-order valence-electron chi connectivity index (χ4n) is 1.78. The number of thiocyanates is 1. The molecule has 0 saturated heterocycles. The Morgan fingerprint density at radius 2 is 2.05 bits per heavy atom. The van der Waals surface area contributed by atoms with Crippen LogP contribution in [0.1, 0.15) is 12.5 Å². The van der Waals surface area contributed by atoms with Crippen LogP contribution in [0.4, 0.5) is 0 Å². The number of nitriles is 2. The summed E-state index contributed by atoms with van der Waals surface area (Å²) in [4.78, 5) is 4.00. The molecule has 0 N–H and O–H groups in total. The largest absolute Gasteiger partial charge is 0.238 e. The number of aromatic nitrogens is 3. The maximum Gasteiger partial charge on any atom is 0.200 e. The summed E-state index contributed by atoms with van der Waals surface area (Å²) in [6.45, 7) is 2.21. The summed E-state index contributed by atoms with van der Waals surface area (Å²) in [5, 5.41) is 24.7. The van der Waals surface area contributed by atoms with E-state index < -0.39 is 5.41 Å². The van der Waals surface area contributed by atoms with Crippen LogP contribution >= 0.6 is 11.8 Å². The van der Waals surface area contributed by atoms with E-state index in [1.54, 1.807) is 4.68 Å². The molecule has 2 aromatic rings. The van der Waals surface area contributed by atoms with Gasteiger partial charge >= 0.3 is 0 Å². The first-order valence-electron chi connectivity index (χ1n) is 5.60. The van der Waals surface area contributed by atoms with Crippen LogP contribution in [0.15, 0.2) is 41.8 Å². The van der Waals surface area contributed by atoms with Crippen LogP contribution in [0.25, 0.3) is 0 Å². The average molecular weight is 269 g/mol. The Kier molecular flexibility index (Phi) is 3.84. The highest BCUT2D eigenvalue weighted by Gasteiger charge is 2.28. The summed E-state index contributed by atoms with van der Waals surface area (Å²) in [6, 6.07) is 11.9. The smallest absolute Gasteiger partial charge is 0.200 e. The maximum absolute atomic E-state index is 9.47. The molecule has 5 nitrogen and oxygen atoms in total. The van der Waals surface area contributed by atoms with E-state index in [1.807, 2.05) is 42.7 Å².